The van der Waals surface area contributed by atoms with E-state index < -0.39 is 12.7 Å². The first-order valence-electron chi connectivity index (χ1n) is 7.00. The maximum Gasteiger partial charge on any atom is 0.410 e. The molecule has 0 unspecified atom stereocenters. The number of hydrogen-bond donors (Lipinski definition) is 0. The summed E-state index contributed by atoms with van der Waals surface area (Å²) >= 11 is 5.84. The van der Waals surface area contributed by atoms with E-state index in [1.807, 2.05) is 0 Å². The van der Waals surface area contributed by atoms with Gasteiger partial charge in [-0.2, -0.15) is 8.78 Å². The van der Waals surface area contributed by atoms with Gasteiger partial charge in [0.25, 0.3) is 0 Å². The highest BCUT2D eigenvalue weighted by molar-refractivity contribution is 6.32. The second-order valence-electron chi connectivity index (χ2n) is 4.96. The fourth-order valence-corrected chi connectivity index (χ4v) is 2.40. The standard InChI is InChI=1S/C15H12ClF2N3O3/c16-11-2-1-9(5-13(11)24-14(17)18)12-7-19-6-10(20-12)8-21-3-4-23-15(21)22/h1-2,5-7,14H,3-4,8H2. The zero-order valence-corrected chi connectivity index (χ0v) is 13.0. The van der Waals surface area contributed by atoms with Crippen molar-refractivity contribution < 1.29 is 23.0 Å². The Bertz CT molecular complexity index is 760. The first-order valence-corrected chi connectivity index (χ1v) is 7.38. The van der Waals surface area contributed by atoms with Gasteiger partial charge in [0.05, 0.1) is 41.9 Å². The van der Waals surface area contributed by atoms with Gasteiger partial charge < -0.3 is 9.47 Å². The molecule has 1 aromatic carbocycles. The minimum Gasteiger partial charge on any atom is -0.448 e. The SMILES string of the molecule is O=C1OCCN1Cc1cncc(-c2ccc(Cl)c(OC(F)F)c2)n1. The maximum absolute atomic E-state index is 12.4. The predicted molar refractivity (Wildman–Crippen MR) is 80.9 cm³/mol. The Kier molecular flexibility index (Phi) is 4.75. The molecular weight excluding hydrogens is 344 g/mol. The summed E-state index contributed by atoms with van der Waals surface area (Å²) in [7, 11) is 0. The van der Waals surface area contributed by atoms with Crippen LogP contribution in [0.3, 0.4) is 0 Å². The van der Waals surface area contributed by atoms with Crippen LogP contribution in [0.2, 0.25) is 5.02 Å². The van der Waals surface area contributed by atoms with Crippen LogP contribution >= 0.6 is 11.6 Å². The molecule has 3 rings (SSSR count). The van der Waals surface area contributed by atoms with E-state index in [9.17, 15) is 13.6 Å². The topological polar surface area (TPSA) is 64.5 Å². The Morgan fingerprint density at radius 3 is 2.92 bits per heavy atom. The molecule has 2 aromatic rings. The van der Waals surface area contributed by atoms with Gasteiger partial charge in [-0.25, -0.2) is 9.78 Å². The Morgan fingerprint density at radius 1 is 1.38 bits per heavy atom. The van der Waals surface area contributed by atoms with Gasteiger partial charge >= 0.3 is 12.7 Å². The Labute approximate surface area is 141 Å². The molecule has 0 atom stereocenters. The summed E-state index contributed by atoms with van der Waals surface area (Å²) in [6, 6.07) is 4.44. The zero-order valence-electron chi connectivity index (χ0n) is 12.3. The van der Waals surface area contributed by atoms with Crippen LogP contribution in [0.15, 0.2) is 30.6 Å². The number of alkyl halides is 2. The fourth-order valence-electron chi connectivity index (χ4n) is 2.24. The van der Waals surface area contributed by atoms with E-state index in [1.165, 1.54) is 29.4 Å². The summed E-state index contributed by atoms with van der Waals surface area (Å²) in [6.45, 7) is -1.89. The van der Waals surface area contributed by atoms with Crippen LogP contribution in [0.4, 0.5) is 13.6 Å². The van der Waals surface area contributed by atoms with Gasteiger partial charge in [0.2, 0.25) is 0 Å². The molecule has 126 valence electrons. The molecule has 0 aliphatic carbocycles. The van der Waals surface area contributed by atoms with E-state index in [0.29, 0.717) is 30.1 Å². The molecule has 24 heavy (non-hydrogen) atoms. The number of carbonyl (C=O) groups is 1. The molecule has 2 heterocycles. The summed E-state index contributed by atoms with van der Waals surface area (Å²) in [6.07, 6.45) is 2.62. The molecule has 0 bridgehead atoms. The lowest BCUT2D eigenvalue weighted by Crippen LogP contribution is -2.24. The van der Waals surface area contributed by atoms with E-state index in [0.717, 1.165) is 0 Å². The fraction of sp³-hybridized carbons (Fsp3) is 0.267. The highest BCUT2D eigenvalue weighted by Gasteiger charge is 2.22. The molecule has 1 amide bonds. The van der Waals surface area contributed by atoms with Gasteiger partial charge in [-0.3, -0.25) is 9.88 Å². The van der Waals surface area contributed by atoms with E-state index in [-0.39, 0.29) is 17.3 Å². The van der Waals surface area contributed by atoms with E-state index >= 15 is 0 Å². The monoisotopic (exact) mass is 355 g/mol. The Morgan fingerprint density at radius 2 is 2.21 bits per heavy atom. The van der Waals surface area contributed by atoms with Crippen molar-refractivity contribution >= 4 is 17.7 Å². The van der Waals surface area contributed by atoms with E-state index in [1.54, 1.807) is 6.07 Å². The van der Waals surface area contributed by atoms with Crippen molar-refractivity contribution in [3.8, 4) is 17.0 Å². The highest BCUT2D eigenvalue weighted by Crippen LogP contribution is 2.30. The smallest absolute Gasteiger partial charge is 0.410 e. The first kappa shape index (κ1) is 16.4. The van der Waals surface area contributed by atoms with Crippen molar-refractivity contribution in [2.24, 2.45) is 0 Å². The summed E-state index contributed by atoms with van der Waals surface area (Å²) in [5.41, 5.74) is 1.53. The Balaban J connectivity index is 1.84. The van der Waals surface area contributed by atoms with Crippen molar-refractivity contribution in [3.05, 3.63) is 41.3 Å². The van der Waals surface area contributed by atoms with Crippen molar-refractivity contribution in [2.45, 2.75) is 13.2 Å². The predicted octanol–water partition coefficient (Wildman–Crippen LogP) is 3.35. The summed E-state index contributed by atoms with van der Waals surface area (Å²) in [5.74, 6) is -0.139. The Hall–Kier alpha value is -2.48. The number of cyclic esters (lactones) is 1. The number of halogens is 3. The van der Waals surface area contributed by atoms with Gasteiger partial charge in [0.1, 0.15) is 12.4 Å². The van der Waals surface area contributed by atoms with Crippen molar-refractivity contribution in [3.63, 3.8) is 0 Å². The van der Waals surface area contributed by atoms with Crippen LogP contribution in [0.1, 0.15) is 5.69 Å². The molecule has 9 heteroatoms. The summed E-state index contributed by atoms with van der Waals surface area (Å²) in [4.78, 5) is 21.4. The average Bonchev–Trinajstić information content (AvgIpc) is 2.94. The zero-order chi connectivity index (χ0) is 17.1. The van der Waals surface area contributed by atoms with Gasteiger partial charge in [-0.05, 0) is 12.1 Å². The normalized spacial score (nSPS) is 14.2. The summed E-state index contributed by atoms with van der Waals surface area (Å²) in [5, 5.41) is 0.0722. The number of carbonyl (C=O) groups excluding carboxylic acids is 1. The molecule has 1 fully saturated rings. The second-order valence-corrected chi connectivity index (χ2v) is 5.36. The third kappa shape index (κ3) is 3.70. The molecule has 1 saturated heterocycles. The number of rotatable bonds is 5. The van der Waals surface area contributed by atoms with Crippen LogP contribution in [0, 0.1) is 0 Å². The second kappa shape index (κ2) is 6.96. The third-order valence-corrected chi connectivity index (χ3v) is 3.64. The lowest BCUT2D eigenvalue weighted by Gasteiger charge is -2.12. The minimum atomic E-state index is -2.98. The molecule has 0 N–H and O–H groups in total. The number of ether oxygens (including phenoxy) is 2. The van der Waals surface area contributed by atoms with Crippen LogP contribution in [-0.4, -0.2) is 40.7 Å². The van der Waals surface area contributed by atoms with Crippen molar-refractivity contribution in [2.75, 3.05) is 13.2 Å². The number of hydrogen-bond acceptors (Lipinski definition) is 5. The number of nitrogens with zero attached hydrogens (tertiary/aromatic N) is 3. The van der Waals surface area contributed by atoms with Crippen LogP contribution in [0.25, 0.3) is 11.3 Å². The molecule has 0 spiro atoms. The largest absolute Gasteiger partial charge is 0.448 e. The van der Waals surface area contributed by atoms with E-state index in [4.69, 9.17) is 16.3 Å². The average molecular weight is 356 g/mol. The van der Waals surface area contributed by atoms with Crippen molar-refractivity contribution in [1.82, 2.24) is 14.9 Å². The first-order chi connectivity index (χ1) is 11.5. The minimum absolute atomic E-state index is 0.0722. The number of aromatic nitrogens is 2. The lowest BCUT2D eigenvalue weighted by atomic mass is 10.1. The third-order valence-electron chi connectivity index (χ3n) is 3.33. The summed E-state index contributed by atoms with van der Waals surface area (Å²) < 4.78 is 34.0. The molecule has 1 aromatic heterocycles. The number of benzene rings is 1. The molecule has 0 radical (unpaired) electrons. The van der Waals surface area contributed by atoms with Gasteiger partial charge in [0.15, 0.2) is 0 Å². The van der Waals surface area contributed by atoms with Crippen LogP contribution in [-0.2, 0) is 11.3 Å². The van der Waals surface area contributed by atoms with Crippen molar-refractivity contribution in [1.29, 1.82) is 0 Å². The van der Waals surface area contributed by atoms with E-state index in [2.05, 4.69) is 14.7 Å². The molecule has 0 saturated carbocycles. The van der Waals surface area contributed by atoms with Crippen LogP contribution < -0.4 is 4.74 Å². The molecule has 6 nitrogen and oxygen atoms in total. The molecular formula is C15H12ClF2N3O3. The highest BCUT2D eigenvalue weighted by atomic mass is 35.5. The molecule has 1 aliphatic rings. The maximum atomic E-state index is 12.4. The molecule has 1 aliphatic heterocycles. The quantitative estimate of drug-likeness (QED) is 0.823. The van der Waals surface area contributed by atoms with Gasteiger partial charge in [-0.15, -0.1) is 0 Å². The van der Waals surface area contributed by atoms with Gasteiger partial charge in [0, 0.05) is 5.56 Å². The van der Waals surface area contributed by atoms with Crippen LogP contribution in [0.5, 0.6) is 5.75 Å². The lowest BCUT2D eigenvalue weighted by molar-refractivity contribution is -0.0497. The van der Waals surface area contributed by atoms with Gasteiger partial charge in [-0.1, -0.05) is 17.7 Å². The number of amides is 1.